The van der Waals surface area contributed by atoms with E-state index in [4.69, 9.17) is 15.2 Å². The van der Waals surface area contributed by atoms with Gasteiger partial charge in [-0.2, -0.15) is 0 Å². The van der Waals surface area contributed by atoms with Crippen molar-refractivity contribution in [2.75, 3.05) is 32.6 Å². The first-order valence-electron chi connectivity index (χ1n) is 6.54. The van der Waals surface area contributed by atoms with Crippen molar-refractivity contribution in [3.8, 4) is 5.75 Å². The van der Waals surface area contributed by atoms with Crippen molar-refractivity contribution in [3.05, 3.63) is 18.2 Å². The van der Waals surface area contributed by atoms with Gasteiger partial charge in [-0.1, -0.05) is 0 Å². The normalized spacial score (nSPS) is 15.2. The maximum absolute atomic E-state index is 12.2. The number of nitrogens with one attached hydrogen (secondary N) is 1. The van der Waals surface area contributed by atoms with Gasteiger partial charge in [0.1, 0.15) is 10.6 Å². The van der Waals surface area contributed by atoms with Gasteiger partial charge in [0, 0.05) is 18.8 Å². The fourth-order valence-electron chi connectivity index (χ4n) is 1.76. The fourth-order valence-corrected chi connectivity index (χ4v) is 2.98. The van der Waals surface area contributed by atoms with Crippen molar-refractivity contribution >= 4 is 15.7 Å². The number of nitrogen functional groups attached to an aromatic ring is 1. The van der Waals surface area contributed by atoms with E-state index >= 15 is 0 Å². The molecule has 0 heterocycles. The minimum Gasteiger partial charge on any atom is -0.495 e. The van der Waals surface area contributed by atoms with Crippen LogP contribution < -0.4 is 15.2 Å². The maximum Gasteiger partial charge on any atom is 0.244 e. The zero-order chi connectivity index (χ0) is 14.6. The molecule has 1 fully saturated rings. The second-order valence-electron chi connectivity index (χ2n) is 4.83. The highest BCUT2D eigenvalue weighted by molar-refractivity contribution is 7.89. The van der Waals surface area contributed by atoms with Crippen LogP contribution in [0, 0.1) is 5.92 Å². The monoisotopic (exact) mass is 300 g/mol. The summed E-state index contributed by atoms with van der Waals surface area (Å²) >= 11 is 0. The van der Waals surface area contributed by atoms with Crippen LogP contribution in [-0.4, -0.2) is 35.3 Å². The molecule has 112 valence electrons. The lowest BCUT2D eigenvalue weighted by molar-refractivity contribution is 0.129. The molecule has 6 nitrogen and oxygen atoms in total. The fraction of sp³-hybridized carbons (Fsp3) is 0.538. The van der Waals surface area contributed by atoms with Gasteiger partial charge in [0.25, 0.3) is 0 Å². The van der Waals surface area contributed by atoms with E-state index in [9.17, 15) is 8.42 Å². The topological polar surface area (TPSA) is 90.7 Å². The summed E-state index contributed by atoms with van der Waals surface area (Å²) in [6.45, 7) is 1.30. The molecule has 0 bridgehead atoms. The maximum atomic E-state index is 12.2. The first-order chi connectivity index (χ1) is 9.53. The predicted molar refractivity (Wildman–Crippen MR) is 76.1 cm³/mol. The summed E-state index contributed by atoms with van der Waals surface area (Å²) < 4.78 is 37.3. The molecule has 7 heteroatoms. The Hall–Kier alpha value is -1.31. The molecule has 2 rings (SSSR count). The summed E-state index contributed by atoms with van der Waals surface area (Å²) in [5.74, 6) is 0.936. The molecular weight excluding hydrogens is 280 g/mol. The molecular formula is C13H20N2O4S. The highest BCUT2D eigenvalue weighted by Gasteiger charge is 2.22. The molecule has 1 saturated carbocycles. The Morgan fingerprint density at radius 3 is 2.80 bits per heavy atom. The van der Waals surface area contributed by atoms with E-state index in [1.54, 1.807) is 6.07 Å². The molecule has 0 atom stereocenters. The van der Waals surface area contributed by atoms with Crippen molar-refractivity contribution < 1.29 is 17.9 Å². The van der Waals surface area contributed by atoms with Gasteiger partial charge in [0.05, 0.1) is 13.7 Å². The van der Waals surface area contributed by atoms with Crippen LogP contribution in [0.15, 0.2) is 23.1 Å². The smallest absolute Gasteiger partial charge is 0.244 e. The standard InChI is InChI=1S/C13H20N2O4S/c1-18-12-5-4-11(14)8-13(12)20(16,17)15-6-7-19-9-10-2-3-10/h4-5,8,10,15H,2-3,6-7,9,14H2,1H3. The molecule has 0 spiro atoms. The minimum atomic E-state index is -3.65. The minimum absolute atomic E-state index is 0.0437. The number of sulfonamides is 1. The lowest BCUT2D eigenvalue weighted by Crippen LogP contribution is -2.28. The van der Waals surface area contributed by atoms with Crippen LogP contribution >= 0.6 is 0 Å². The summed E-state index contributed by atoms with van der Waals surface area (Å²) in [6, 6.07) is 4.51. The Morgan fingerprint density at radius 1 is 1.40 bits per heavy atom. The summed E-state index contributed by atoms with van der Waals surface area (Å²) in [5.41, 5.74) is 5.99. The van der Waals surface area contributed by atoms with E-state index < -0.39 is 10.0 Å². The first kappa shape index (κ1) is 15.1. The van der Waals surface area contributed by atoms with E-state index in [2.05, 4.69) is 4.72 Å². The summed E-state index contributed by atoms with van der Waals surface area (Å²) in [7, 11) is -2.23. The number of ether oxygens (including phenoxy) is 2. The molecule has 0 radical (unpaired) electrons. The van der Waals surface area contributed by atoms with Gasteiger partial charge >= 0.3 is 0 Å². The van der Waals surface area contributed by atoms with Gasteiger partial charge in [0.2, 0.25) is 10.0 Å². The predicted octanol–water partition coefficient (Wildman–Crippen LogP) is 0.982. The van der Waals surface area contributed by atoms with E-state index in [-0.39, 0.29) is 17.2 Å². The molecule has 1 aromatic carbocycles. The van der Waals surface area contributed by atoms with Crippen LogP contribution in [0.2, 0.25) is 0 Å². The molecule has 1 aromatic rings. The second-order valence-corrected chi connectivity index (χ2v) is 6.56. The van der Waals surface area contributed by atoms with Gasteiger partial charge in [-0.25, -0.2) is 13.1 Å². The molecule has 1 aliphatic rings. The second kappa shape index (κ2) is 6.43. The zero-order valence-electron chi connectivity index (χ0n) is 11.5. The van der Waals surface area contributed by atoms with Gasteiger partial charge in [0.15, 0.2) is 0 Å². The van der Waals surface area contributed by atoms with Crippen LogP contribution in [0.25, 0.3) is 0 Å². The van der Waals surface area contributed by atoms with Crippen LogP contribution in [-0.2, 0) is 14.8 Å². The largest absolute Gasteiger partial charge is 0.495 e. The van der Waals surface area contributed by atoms with Crippen molar-refractivity contribution in [2.45, 2.75) is 17.7 Å². The van der Waals surface area contributed by atoms with Gasteiger partial charge < -0.3 is 15.2 Å². The molecule has 3 N–H and O–H groups in total. The van der Waals surface area contributed by atoms with E-state index in [1.165, 1.54) is 32.1 Å². The number of nitrogens with two attached hydrogens (primary N) is 1. The summed E-state index contributed by atoms with van der Waals surface area (Å²) in [5, 5.41) is 0. The highest BCUT2D eigenvalue weighted by atomic mass is 32.2. The van der Waals surface area contributed by atoms with E-state index in [0.29, 0.717) is 24.8 Å². The number of methoxy groups -OCH3 is 1. The molecule has 0 aromatic heterocycles. The highest BCUT2D eigenvalue weighted by Crippen LogP contribution is 2.28. The summed E-state index contributed by atoms with van der Waals surface area (Å²) in [4.78, 5) is 0.0437. The molecule has 0 unspecified atom stereocenters. The summed E-state index contributed by atoms with van der Waals surface area (Å²) in [6.07, 6.45) is 2.43. The third kappa shape index (κ3) is 4.09. The number of benzene rings is 1. The number of anilines is 1. The van der Waals surface area contributed by atoms with Crippen LogP contribution in [0.5, 0.6) is 5.75 Å². The van der Waals surface area contributed by atoms with E-state index in [0.717, 1.165) is 0 Å². The van der Waals surface area contributed by atoms with Crippen LogP contribution in [0.3, 0.4) is 0 Å². The molecule has 0 amide bonds. The Bertz CT molecular complexity index is 555. The Labute approximate surface area is 119 Å². The van der Waals surface area contributed by atoms with Crippen LogP contribution in [0.4, 0.5) is 5.69 Å². The SMILES string of the molecule is COc1ccc(N)cc1S(=O)(=O)NCCOCC1CC1. The van der Waals surface area contributed by atoms with Crippen molar-refractivity contribution in [1.29, 1.82) is 0 Å². The van der Waals surface area contributed by atoms with Crippen molar-refractivity contribution in [3.63, 3.8) is 0 Å². The van der Waals surface area contributed by atoms with Gasteiger partial charge in [-0.3, -0.25) is 0 Å². The number of hydrogen-bond acceptors (Lipinski definition) is 5. The Kier molecular flexibility index (Phi) is 4.85. The lowest BCUT2D eigenvalue weighted by atomic mass is 10.3. The number of hydrogen-bond donors (Lipinski definition) is 2. The average Bonchev–Trinajstić information content (AvgIpc) is 3.22. The average molecular weight is 300 g/mol. The molecule has 0 saturated heterocycles. The third-order valence-electron chi connectivity index (χ3n) is 3.07. The zero-order valence-corrected chi connectivity index (χ0v) is 12.3. The lowest BCUT2D eigenvalue weighted by Gasteiger charge is -2.11. The van der Waals surface area contributed by atoms with Crippen molar-refractivity contribution in [1.82, 2.24) is 4.72 Å². The van der Waals surface area contributed by atoms with Crippen molar-refractivity contribution in [2.24, 2.45) is 5.92 Å². The van der Waals surface area contributed by atoms with Gasteiger partial charge in [-0.05, 0) is 37.0 Å². The third-order valence-corrected chi connectivity index (χ3v) is 4.55. The van der Waals surface area contributed by atoms with E-state index in [1.807, 2.05) is 0 Å². The Morgan fingerprint density at radius 2 is 2.15 bits per heavy atom. The molecule has 0 aliphatic heterocycles. The quantitative estimate of drug-likeness (QED) is 0.552. The molecule has 1 aliphatic carbocycles. The Balaban J connectivity index is 1.92. The molecule has 20 heavy (non-hydrogen) atoms. The number of rotatable bonds is 8. The first-order valence-corrected chi connectivity index (χ1v) is 8.02. The van der Waals surface area contributed by atoms with Crippen LogP contribution in [0.1, 0.15) is 12.8 Å². The van der Waals surface area contributed by atoms with Gasteiger partial charge in [-0.15, -0.1) is 0 Å².